The van der Waals surface area contributed by atoms with E-state index in [1.54, 1.807) is 18.1 Å². The Morgan fingerprint density at radius 3 is 2.21 bits per heavy atom. The van der Waals surface area contributed by atoms with Gasteiger partial charge in [-0.1, -0.05) is 12.1 Å². The fourth-order valence-corrected chi connectivity index (χ4v) is 3.98. The standard InChI is InChI=1S/C19H23N3O5S/c1-26-16-6-4-3-5-15(16)21-9-11-22(12-10-21)19(23)14-7-8-17(27-2)18(13-14)28(20,24)25/h3-8,13H,9-12H2,1-2H3,(H2,20,24,25). The highest BCUT2D eigenvalue weighted by atomic mass is 32.2. The Kier molecular flexibility index (Phi) is 5.76. The molecule has 28 heavy (non-hydrogen) atoms. The van der Waals surface area contributed by atoms with Crippen LogP contribution in [0.5, 0.6) is 11.5 Å². The van der Waals surface area contributed by atoms with Crippen LogP contribution in [0.25, 0.3) is 0 Å². The van der Waals surface area contributed by atoms with E-state index in [9.17, 15) is 13.2 Å². The number of hydrogen-bond donors (Lipinski definition) is 1. The molecular formula is C19H23N3O5S. The van der Waals surface area contributed by atoms with Gasteiger partial charge in [0.05, 0.1) is 19.9 Å². The average molecular weight is 405 g/mol. The molecule has 0 aliphatic carbocycles. The third kappa shape index (κ3) is 4.05. The fraction of sp³-hybridized carbons (Fsp3) is 0.316. The largest absolute Gasteiger partial charge is 0.495 e. The normalized spacial score (nSPS) is 14.7. The second-order valence-electron chi connectivity index (χ2n) is 6.36. The number of sulfonamides is 1. The van der Waals surface area contributed by atoms with Crippen molar-refractivity contribution in [1.82, 2.24) is 4.90 Å². The molecule has 9 heteroatoms. The zero-order valence-corrected chi connectivity index (χ0v) is 16.6. The molecule has 8 nitrogen and oxygen atoms in total. The Balaban J connectivity index is 1.75. The van der Waals surface area contributed by atoms with Crippen molar-refractivity contribution in [1.29, 1.82) is 0 Å². The molecule has 0 radical (unpaired) electrons. The van der Waals surface area contributed by atoms with Crippen LogP contribution in [-0.2, 0) is 10.0 Å². The van der Waals surface area contributed by atoms with Crippen LogP contribution >= 0.6 is 0 Å². The minimum absolute atomic E-state index is 0.111. The summed E-state index contributed by atoms with van der Waals surface area (Å²) in [5.74, 6) is 0.655. The van der Waals surface area contributed by atoms with Crippen molar-refractivity contribution in [2.45, 2.75) is 4.90 Å². The van der Waals surface area contributed by atoms with Crippen LogP contribution in [0.4, 0.5) is 5.69 Å². The maximum absolute atomic E-state index is 12.9. The van der Waals surface area contributed by atoms with Gasteiger partial charge in [-0.2, -0.15) is 0 Å². The number of piperazine rings is 1. The highest BCUT2D eigenvalue weighted by molar-refractivity contribution is 7.89. The predicted octanol–water partition coefficient (Wildman–Crippen LogP) is 1.31. The Morgan fingerprint density at radius 2 is 1.61 bits per heavy atom. The maximum atomic E-state index is 12.9. The van der Waals surface area contributed by atoms with E-state index in [-0.39, 0.29) is 22.1 Å². The van der Waals surface area contributed by atoms with Crippen LogP contribution in [0.2, 0.25) is 0 Å². The van der Waals surface area contributed by atoms with Crippen LogP contribution in [0, 0.1) is 0 Å². The molecule has 150 valence electrons. The molecule has 0 atom stereocenters. The topological polar surface area (TPSA) is 102 Å². The van der Waals surface area contributed by atoms with Crippen molar-refractivity contribution in [3.8, 4) is 11.5 Å². The van der Waals surface area contributed by atoms with Gasteiger partial charge in [-0.3, -0.25) is 4.79 Å². The summed E-state index contributed by atoms with van der Waals surface area (Å²) in [6.07, 6.45) is 0. The Morgan fingerprint density at radius 1 is 0.964 bits per heavy atom. The summed E-state index contributed by atoms with van der Waals surface area (Å²) >= 11 is 0. The molecule has 0 spiro atoms. The highest BCUT2D eigenvalue weighted by Crippen LogP contribution is 2.29. The number of benzene rings is 2. The number of rotatable bonds is 5. The summed E-state index contributed by atoms with van der Waals surface area (Å²) in [5.41, 5.74) is 1.24. The average Bonchev–Trinajstić information content (AvgIpc) is 2.72. The van der Waals surface area contributed by atoms with Crippen LogP contribution in [0.3, 0.4) is 0 Å². The molecule has 1 fully saturated rings. The van der Waals surface area contributed by atoms with Gasteiger partial charge in [0, 0.05) is 31.7 Å². The summed E-state index contributed by atoms with van der Waals surface area (Å²) in [6.45, 7) is 2.30. The molecule has 0 bridgehead atoms. The zero-order valence-electron chi connectivity index (χ0n) is 15.8. The number of nitrogens with zero attached hydrogens (tertiary/aromatic N) is 2. The number of methoxy groups -OCH3 is 2. The first-order chi connectivity index (χ1) is 13.3. The number of anilines is 1. The highest BCUT2D eigenvalue weighted by Gasteiger charge is 2.25. The van der Waals surface area contributed by atoms with E-state index in [2.05, 4.69) is 4.90 Å². The third-order valence-corrected chi connectivity index (χ3v) is 5.64. The molecule has 1 saturated heterocycles. The third-order valence-electron chi connectivity index (χ3n) is 4.71. The number of para-hydroxylation sites is 2. The molecule has 0 saturated carbocycles. The first-order valence-corrected chi connectivity index (χ1v) is 10.3. The van der Waals surface area contributed by atoms with Crippen molar-refractivity contribution >= 4 is 21.6 Å². The molecule has 3 rings (SSSR count). The predicted molar refractivity (Wildman–Crippen MR) is 105 cm³/mol. The molecule has 2 aromatic rings. The lowest BCUT2D eigenvalue weighted by atomic mass is 10.1. The van der Waals surface area contributed by atoms with E-state index in [1.807, 2.05) is 24.3 Å². The van der Waals surface area contributed by atoms with Crippen molar-refractivity contribution < 1.29 is 22.7 Å². The molecule has 1 amide bonds. The summed E-state index contributed by atoms with van der Waals surface area (Å²) < 4.78 is 34.0. The van der Waals surface area contributed by atoms with E-state index in [0.29, 0.717) is 26.2 Å². The van der Waals surface area contributed by atoms with E-state index in [1.165, 1.54) is 19.2 Å². The van der Waals surface area contributed by atoms with Crippen molar-refractivity contribution in [3.63, 3.8) is 0 Å². The summed E-state index contributed by atoms with van der Waals surface area (Å²) in [4.78, 5) is 16.5. The SMILES string of the molecule is COc1ccccc1N1CCN(C(=O)c2ccc(OC)c(S(N)(=O)=O)c2)CC1. The quantitative estimate of drug-likeness (QED) is 0.805. The summed E-state index contributed by atoms with van der Waals surface area (Å²) in [5, 5.41) is 5.24. The number of hydrogen-bond acceptors (Lipinski definition) is 6. The van der Waals surface area contributed by atoms with Gasteiger partial charge >= 0.3 is 0 Å². The number of nitrogens with two attached hydrogens (primary N) is 1. The van der Waals surface area contributed by atoms with Crippen LogP contribution in [0.15, 0.2) is 47.4 Å². The van der Waals surface area contributed by atoms with Gasteiger partial charge < -0.3 is 19.3 Å². The van der Waals surface area contributed by atoms with Gasteiger partial charge in [0.15, 0.2) is 0 Å². The first-order valence-electron chi connectivity index (χ1n) is 8.73. The monoisotopic (exact) mass is 405 g/mol. The van der Waals surface area contributed by atoms with Crippen LogP contribution < -0.4 is 19.5 Å². The zero-order chi connectivity index (χ0) is 20.3. The first kappa shape index (κ1) is 20.0. The van der Waals surface area contributed by atoms with Crippen molar-refractivity contribution in [3.05, 3.63) is 48.0 Å². The summed E-state index contributed by atoms with van der Waals surface area (Å²) in [6, 6.07) is 12.0. The van der Waals surface area contributed by atoms with Gasteiger partial charge in [-0.15, -0.1) is 0 Å². The van der Waals surface area contributed by atoms with Gasteiger partial charge in [-0.05, 0) is 30.3 Å². The molecule has 0 aromatic heterocycles. The molecule has 2 N–H and O–H groups in total. The fourth-order valence-electron chi connectivity index (χ4n) is 3.26. The molecule has 1 aliphatic rings. The number of carbonyl (C=O) groups excluding carboxylic acids is 1. The molecule has 1 aliphatic heterocycles. The minimum Gasteiger partial charge on any atom is -0.495 e. The lowest BCUT2D eigenvalue weighted by Crippen LogP contribution is -2.48. The molecular weight excluding hydrogens is 382 g/mol. The Bertz CT molecular complexity index is 969. The van der Waals surface area contributed by atoms with Gasteiger partial charge in [0.25, 0.3) is 5.91 Å². The minimum atomic E-state index is -4.00. The van der Waals surface area contributed by atoms with E-state index in [4.69, 9.17) is 14.6 Å². The van der Waals surface area contributed by atoms with E-state index < -0.39 is 10.0 Å². The number of primary sulfonamides is 1. The van der Waals surface area contributed by atoms with Crippen LogP contribution in [-0.4, -0.2) is 59.6 Å². The van der Waals surface area contributed by atoms with E-state index >= 15 is 0 Å². The molecule has 0 unspecified atom stereocenters. The van der Waals surface area contributed by atoms with E-state index in [0.717, 1.165) is 11.4 Å². The maximum Gasteiger partial charge on any atom is 0.254 e. The Labute approximate surface area is 164 Å². The van der Waals surface area contributed by atoms with Crippen LogP contribution in [0.1, 0.15) is 10.4 Å². The van der Waals surface area contributed by atoms with Crippen molar-refractivity contribution in [2.24, 2.45) is 5.14 Å². The van der Waals surface area contributed by atoms with Gasteiger partial charge in [-0.25, -0.2) is 13.6 Å². The number of carbonyl (C=O) groups is 1. The smallest absolute Gasteiger partial charge is 0.254 e. The Hall–Kier alpha value is -2.78. The van der Waals surface area contributed by atoms with Crippen molar-refractivity contribution in [2.75, 3.05) is 45.3 Å². The summed E-state index contributed by atoms with van der Waals surface area (Å²) in [7, 11) is -1.02. The molecule has 1 heterocycles. The molecule has 2 aromatic carbocycles. The van der Waals surface area contributed by atoms with Gasteiger partial charge in [0.1, 0.15) is 16.4 Å². The lowest BCUT2D eigenvalue weighted by Gasteiger charge is -2.36. The lowest BCUT2D eigenvalue weighted by molar-refractivity contribution is 0.0746. The number of ether oxygens (including phenoxy) is 2. The second-order valence-corrected chi connectivity index (χ2v) is 7.89. The number of amides is 1. The second kappa shape index (κ2) is 8.07. The van der Waals surface area contributed by atoms with Gasteiger partial charge in [0.2, 0.25) is 10.0 Å².